The van der Waals surface area contributed by atoms with Crippen LogP contribution in [0.3, 0.4) is 0 Å². The van der Waals surface area contributed by atoms with E-state index < -0.39 is 5.79 Å². The lowest BCUT2D eigenvalue weighted by molar-refractivity contribution is 0.0296. The Bertz CT molecular complexity index is 322. The Hall–Kier alpha value is -0.800. The lowest BCUT2D eigenvalue weighted by Gasteiger charge is -2.25. The van der Waals surface area contributed by atoms with Crippen LogP contribution in [0.2, 0.25) is 0 Å². The van der Waals surface area contributed by atoms with Gasteiger partial charge in [-0.15, -0.1) is 0 Å². The molecule has 1 aliphatic heterocycles. The molecule has 2 rings (SSSR count). The Kier molecular flexibility index (Phi) is 1.82. The number of aliphatic hydroxyl groups is 1. The fourth-order valence-corrected chi connectivity index (χ4v) is 1.96. The summed E-state index contributed by atoms with van der Waals surface area (Å²) in [4.78, 5) is 0. The smallest absolute Gasteiger partial charge is 0.220 e. The first-order chi connectivity index (χ1) is 6.41. The van der Waals surface area contributed by atoms with E-state index in [0.29, 0.717) is 5.76 Å². The van der Waals surface area contributed by atoms with Crippen molar-refractivity contribution in [1.82, 2.24) is 0 Å². The molecule has 1 heterocycles. The minimum atomic E-state index is -0.602. The Morgan fingerprint density at radius 1 is 1.50 bits per heavy atom. The van der Waals surface area contributed by atoms with Gasteiger partial charge in [-0.25, -0.2) is 0 Å². The van der Waals surface area contributed by atoms with E-state index in [9.17, 15) is 5.11 Å². The summed E-state index contributed by atoms with van der Waals surface area (Å²) in [6.07, 6.45) is 3.31. The zero-order valence-electron chi connectivity index (χ0n) is 9.00. The van der Waals surface area contributed by atoms with Crippen LogP contribution in [0.25, 0.3) is 0 Å². The van der Waals surface area contributed by atoms with Crippen molar-refractivity contribution in [1.29, 1.82) is 0 Å². The summed E-state index contributed by atoms with van der Waals surface area (Å²) in [6, 6.07) is 0. The van der Waals surface area contributed by atoms with Crippen molar-refractivity contribution in [2.24, 2.45) is 5.41 Å². The number of hydrogen-bond donors (Lipinski definition) is 1. The van der Waals surface area contributed by atoms with Crippen molar-refractivity contribution in [3.63, 3.8) is 0 Å². The number of rotatable bonds is 1. The summed E-state index contributed by atoms with van der Waals surface area (Å²) >= 11 is 0. The second-order valence-electron chi connectivity index (χ2n) is 4.81. The molecule has 0 spiro atoms. The summed E-state index contributed by atoms with van der Waals surface area (Å²) in [7, 11) is 1.62. The van der Waals surface area contributed by atoms with Gasteiger partial charge in [0.05, 0.1) is 0 Å². The van der Waals surface area contributed by atoms with E-state index in [1.54, 1.807) is 19.3 Å². The number of aliphatic hydroxyl groups excluding tert-OH is 1. The topological polar surface area (TPSA) is 42.0 Å². The average Bonchev–Trinajstić information content (AvgIpc) is 2.76. The van der Waals surface area contributed by atoms with E-state index in [1.807, 2.05) is 0 Å². The van der Waals surface area contributed by atoms with Gasteiger partial charge < -0.3 is 14.6 Å². The lowest BCUT2D eigenvalue weighted by Crippen LogP contribution is -2.26. The Morgan fingerprint density at radius 2 is 2.14 bits per heavy atom. The highest BCUT2D eigenvalue weighted by Crippen LogP contribution is 2.51. The van der Waals surface area contributed by atoms with Crippen molar-refractivity contribution < 1.29 is 14.6 Å². The molecule has 0 saturated carbocycles. The zero-order valence-corrected chi connectivity index (χ0v) is 9.00. The summed E-state index contributed by atoms with van der Waals surface area (Å²) < 4.78 is 10.8. The van der Waals surface area contributed by atoms with Gasteiger partial charge in [-0.2, -0.15) is 0 Å². The molecule has 2 unspecified atom stereocenters. The maximum Gasteiger partial charge on any atom is 0.220 e. The molecule has 2 atom stereocenters. The van der Waals surface area contributed by atoms with Gasteiger partial charge in [0.2, 0.25) is 5.79 Å². The standard InChI is InChI=1S/C11H16O3/c1-10(2,3)8-7(12)5-6-11(13-4)9(8)14-11/h5-6,9,12H,1-4H3. The summed E-state index contributed by atoms with van der Waals surface area (Å²) in [5, 5.41) is 9.77. The molecule has 1 fully saturated rings. The second-order valence-corrected chi connectivity index (χ2v) is 4.81. The number of allylic oxidation sites excluding steroid dienone is 1. The third-order valence-corrected chi connectivity index (χ3v) is 2.75. The number of epoxide rings is 1. The van der Waals surface area contributed by atoms with Crippen molar-refractivity contribution in [3.8, 4) is 0 Å². The van der Waals surface area contributed by atoms with Gasteiger partial charge in [0.1, 0.15) is 11.9 Å². The minimum absolute atomic E-state index is 0.0974. The van der Waals surface area contributed by atoms with E-state index in [4.69, 9.17) is 9.47 Å². The first kappa shape index (κ1) is 9.74. The third-order valence-electron chi connectivity index (χ3n) is 2.75. The van der Waals surface area contributed by atoms with E-state index in [2.05, 4.69) is 20.8 Å². The van der Waals surface area contributed by atoms with Gasteiger partial charge in [0.25, 0.3) is 0 Å². The number of hydrogen-bond acceptors (Lipinski definition) is 3. The predicted octanol–water partition coefficient (Wildman–Crippen LogP) is 2.16. The lowest BCUT2D eigenvalue weighted by atomic mass is 9.80. The number of fused-ring (bicyclic) bond motifs is 1. The molecule has 0 aromatic rings. The zero-order chi connectivity index (χ0) is 10.6. The molecule has 1 N–H and O–H groups in total. The van der Waals surface area contributed by atoms with Gasteiger partial charge in [0, 0.05) is 12.7 Å². The number of methoxy groups -OCH3 is 1. The predicted molar refractivity (Wildman–Crippen MR) is 52.9 cm³/mol. The molecule has 3 heteroatoms. The molecule has 0 amide bonds. The molecule has 3 nitrogen and oxygen atoms in total. The van der Waals surface area contributed by atoms with Crippen LogP contribution < -0.4 is 0 Å². The van der Waals surface area contributed by atoms with E-state index in [0.717, 1.165) is 5.57 Å². The molecule has 0 aromatic heterocycles. The summed E-state index contributed by atoms with van der Waals surface area (Å²) in [6.45, 7) is 6.17. The molecular weight excluding hydrogens is 180 g/mol. The van der Waals surface area contributed by atoms with Crippen molar-refractivity contribution in [3.05, 3.63) is 23.5 Å². The van der Waals surface area contributed by atoms with Gasteiger partial charge in [0.15, 0.2) is 0 Å². The van der Waals surface area contributed by atoms with Crippen LogP contribution in [0.15, 0.2) is 23.5 Å². The normalized spacial score (nSPS) is 35.9. The quantitative estimate of drug-likeness (QED) is 0.653. The van der Waals surface area contributed by atoms with Crippen LogP contribution in [0.1, 0.15) is 20.8 Å². The molecule has 1 saturated heterocycles. The molecule has 14 heavy (non-hydrogen) atoms. The first-order valence-electron chi connectivity index (χ1n) is 4.76. The first-order valence-corrected chi connectivity index (χ1v) is 4.76. The molecule has 1 aliphatic carbocycles. The van der Waals surface area contributed by atoms with Crippen LogP contribution in [0.4, 0.5) is 0 Å². The maximum atomic E-state index is 9.77. The molecule has 0 aromatic carbocycles. The van der Waals surface area contributed by atoms with Crippen molar-refractivity contribution in [2.45, 2.75) is 32.7 Å². The molecular formula is C11H16O3. The summed E-state index contributed by atoms with van der Waals surface area (Å²) in [5.74, 6) is -0.290. The van der Waals surface area contributed by atoms with Crippen LogP contribution in [0.5, 0.6) is 0 Å². The van der Waals surface area contributed by atoms with Crippen LogP contribution in [-0.4, -0.2) is 24.1 Å². The average molecular weight is 196 g/mol. The van der Waals surface area contributed by atoms with Crippen molar-refractivity contribution >= 4 is 0 Å². The fraction of sp³-hybridized carbons (Fsp3) is 0.636. The van der Waals surface area contributed by atoms with E-state index in [1.165, 1.54) is 0 Å². The van der Waals surface area contributed by atoms with E-state index in [-0.39, 0.29) is 11.5 Å². The summed E-state index contributed by atoms with van der Waals surface area (Å²) in [5.41, 5.74) is 0.821. The highest BCUT2D eigenvalue weighted by molar-refractivity contribution is 5.41. The maximum absolute atomic E-state index is 9.77. The van der Waals surface area contributed by atoms with Gasteiger partial charge >= 0.3 is 0 Å². The fourth-order valence-electron chi connectivity index (χ4n) is 1.96. The molecule has 0 bridgehead atoms. The largest absolute Gasteiger partial charge is 0.508 e. The molecule has 78 valence electrons. The second kappa shape index (κ2) is 2.61. The van der Waals surface area contributed by atoms with Crippen LogP contribution >= 0.6 is 0 Å². The minimum Gasteiger partial charge on any atom is -0.508 e. The highest BCUT2D eigenvalue weighted by atomic mass is 16.8. The molecule has 0 radical (unpaired) electrons. The van der Waals surface area contributed by atoms with Crippen molar-refractivity contribution in [2.75, 3.05) is 7.11 Å². The van der Waals surface area contributed by atoms with Crippen LogP contribution in [-0.2, 0) is 9.47 Å². The molecule has 2 aliphatic rings. The Labute approximate surface area is 84.0 Å². The number of ether oxygens (including phenoxy) is 2. The van der Waals surface area contributed by atoms with Gasteiger partial charge in [-0.3, -0.25) is 0 Å². The van der Waals surface area contributed by atoms with Gasteiger partial charge in [-0.05, 0) is 17.6 Å². The van der Waals surface area contributed by atoms with Gasteiger partial charge in [-0.1, -0.05) is 20.8 Å². The highest BCUT2D eigenvalue weighted by Gasteiger charge is 2.61. The monoisotopic (exact) mass is 196 g/mol. The third kappa shape index (κ3) is 1.20. The van der Waals surface area contributed by atoms with Crippen LogP contribution in [0, 0.1) is 5.41 Å². The SMILES string of the molecule is COC12C=CC(O)=C(C(C)(C)C)C1O2. The Morgan fingerprint density at radius 3 is 2.64 bits per heavy atom. The Balaban J connectivity index is 2.37. The van der Waals surface area contributed by atoms with E-state index >= 15 is 0 Å².